The maximum atomic E-state index is 11.9. The summed E-state index contributed by atoms with van der Waals surface area (Å²) in [5, 5.41) is 2.91. The number of rotatable bonds is 2. The van der Waals surface area contributed by atoms with E-state index in [-0.39, 0.29) is 18.0 Å². The normalized spacial score (nSPS) is 19.0. The van der Waals surface area contributed by atoms with Gasteiger partial charge in [0.25, 0.3) is 0 Å². The summed E-state index contributed by atoms with van der Waals surface area (Å²) in [4.78, 5) is 14.0. The molecule has 1 aromatic rings. The quantitative estimate of drug-likeness (QED) is 0.853. The van der Waals surface area contributed by atoms with Gasteiger partial charge in [0.15, 0.2) is 0 Å². The minimum Gasteiger partial charge on any atom is -0.497 e. The van der Waals surface area contributed by atoms with Crippen molar-refractivity contribution >= 4 is 17.3 Å². The zero-order chi connectivity index (χ0) is 12.6. The second kappa shape index (κ2) is 4.28. The lowest BCUT2D eigenvalue weighted by Gasteiger charge is -2.39. The molecule has 4 heteroatoms. The Kier molecular flexibility index (Phi) is 2.96. The first-order valence-electron chi connectivity index (χ1n) is 5.82. The van der Waals surface area contributed by atoms with E-state index in [1.807, 2.05) is 25.1 Å². The monoisotopic (exact) mass is 234 g/mol. The summed E-state index contributed by atoms with van der Waals surface area (Å²) in [6, 6.07) is 5.90. The molecule has 0 saturated carbocycles. The number of benzene rings is 1. The van der Waals surface area contributed by atoms with Crippen molar-refractivity contribution in [3.63, 3.8) is 0 Å². The first-order chi connectivity index (χ1) is 8.04. The van der Waals surface area contributed by atoms with Gasteiger partial charge >= 0.3 is 0 Å². The number of carbonyl (C=O) groups is 1. The summed E-state index contributed by atoms with van der Waals surface area (Å²) in [7, 11) is 1.62. The van der Waals surface area contributed by atoms with Gasteiger partial charge in [-0.1, -0.05) is 0 Å². The maximum absolute atomic E-state index is 11.9. The van der Waals surface area contributed by atoms with Crippen LogP contribution in [-0.4, -0.2) is 25.1 Å². The van der Waals surface area contributed by atoms with E-state index in [2.05, 4.69) is 24.1 Å². The van der Waals surface area contributed by atoms with E-state index in [4.69, 9.17) is 4.74 Å². The highest BCUT2D eigenvalue weighted by Gasteiger charge is 2.31. The van der Waals surface area contributed by atoms with Gasteiger partial charge in [-0.05, 0) is 32.9 Å². The number of hydrogen-bond acceptors (Lipinski definition) is 3. The van der Waals surface area contributed by atoms with Crippen LogP contribution < -0.4 is 15.0 Å². The minimum absolute atomic E-state index is 0.0273. The molecule has 0 aromatic heterocycles. The number of methoxy groups -OCH3 is 1. The van der Waals surface area contributed by atoms with Gasteiger partial charge in [-0.2, -0.15) is 0 Å². The molecule has 1 heterocycles. The van der Waals surface area contributed by atoms with E-state index in [1.165, 1.54) is 0 Å². The molecule has 0 radical (unpaired) electrons. The Bertz CT molecular complexity index is 443. The Hall–Kier alpha value is -1.71. The van der Waals surface area contributed by atoms with Crippen LogP contribution >= 0.6 is 0 Å². The summed E-state index contributed by atoms with van der Waals surface area (Å²) >= 11 is 0. The molecular weight excluding hydrogens is 216 g/mol. The summed E-state index contributed by atoms with van der Waals surface area (Å²) in [5.74, 6) is 0.779. The summed E-state index contributed by atoms with van der Waals surface area (Å²) in [6.07, 6.45) is 0. The van der Waals surface area contributed by atoms with Gasteiger partial charge in [-0.15, -0.1) is 0 Å². The predicted octanol–water partition coefficient (Wildman–Crippen LogP) is 2.25. The van der Waals surface area contributed by atoms with Gasteiger partial charge in [-0.3, -0.25) is 4.79 Å². The van der Waals surface area contributed by atoms with Crippen molar-refractivity contribution in [3.8, 4) is 5.75 Å². The molecule has 1 unspecified atom stereocenters. The predicted molar refractivity (Wildman–Crippen MR) is 68.7 cm³/mol. The molecule has 2 rings (SSSR count). The van der Waals surface area contributed by atoms with E-state index in [0.29, 0.717) is 0 Å². The molecule has 1 aliphatic rings. The summed E-state index contributed by atoms with van der Waals surface area (Å²) < 4.78 is 5.17. The average Bonchev–Trinajstić information content (AvgIpc) is 2.29. The topological polar surface area (TPSA) is 41.6 Å². The third-order valence-electron chi connectivity index (χ3n) is 3.09. The third-order valence-corrected chi connectivity index (χ3v) is 3.09. The van der Waals surface area contributed by atoms with Crippen LogP contribution in [0.25, 0.3) is 0 Å². The number of nitrogens with one attached hydrogen (secondary N) is 1. The van der Waals surface area contributed by atoms with E-state index < -0.39 is 0 Å². The smallest absolute Gasteiger partial charge is 0.246 e. The van der Waals surface area contributed by atoms with Gasteiger partial charge in [0.2, 0.25) is 5.91 Å². The molecule has 0 bridgehead atoms. The van der Waals surface area contributed by atoms with Crippen LogP contribution in [0.2, 0.25) is 0 Å². The van der Waals surface area contributed by atoms with E-state index >= 15 is 0 Å². The lowest BCUT2D eigenvalue weighted by Crippen LogP contribution is -2.49. The number of nitrogens with zero attached hydrogens (tertiary/aromatic N) is 1. The molecule has 1 atom stereocenters. The molecule has 0 spiro atoms. The van der Waals surface area contributed by atoms with Gasteiger partial charge in [0, 0.05) is 12.1 Å². The van der Waals surface area contributed by atoms with Gasteiger partial charge in [0.05, 0.1) is 18.5 Å². The van der Waals surface area contributed by atoms with Crippen molar-refractivity contribution in [2.45, 2.75) is 32.9 Å². The molecule has 0 aliphatic carbocycles. The van der Waals surface area contributed by atoms with Crippen molar-refractivity contribution in [2.24, 2.45) is 0 Å². The van der Waals surface area contributed by atoms with Crippen LogP contribution in [0.3, 0.4) is 0 Å². The number of ether oxygens (including phenoxy) is 1. The van der Waals surface area contributed by atoms with Gasteiger partial charge in [-0.25, -0.2) is 0 Å². The fourth-order valence-corrected chi connectivity index (χ4v) is 2.26. The van der Waals surface area contributed by atoms with Crippen molar-refractivity contribution < 1.29 is 9.53 Å². The first kappa shape index (κ1) is 11.8. The number of hydrogen-bond donors (Lipinski definition) is 1. The molecule has 1 aromatic carbocycles. The largest absolute Gasteiger partial charge is 0.497 e. The van der Waals surface area contributed by atoms with Crippen molar-refractivity contribution in [1.29, 1.82) is 0 Å². The minimum atomic E-state index is -0.143. The van der Waals surface area contributed by atoms with E-state index in [1.54, 1.807) is 7.11 Å². The zero-order valence-electron chi connectivity index (χ0n) is 10.7. The Labute approximate surface area is 102 Å². The van der Waals surface area contributed by atoms with E-state index in [9.17, 15) is 4.79 Å². The molecule has 17 heavy (non-hydrogen) atoms. The Balaban J connectivity index is 2.49. The fraction of sp³-hybridized carbons (Fsp3) is 0.462. The molecule has 1 N–H and O–H groups in total. The molecule has 0 saturated heterocycles. The molecular formula is C13H18N2O2. The number of fused-ring (bicyclic) bond motifs is 1. The van der Waals surface area contributed by atoms with E-state index in [0.717, 1.165) is 17.1 Å². The highest BCUT2D eigenvalue weighted by molar-refractivity contribution is 6.03. The highest BCUT2D eigenvalue weighted by atomic mass is 16.5. The second-order valence-electron chi connectivity index (χ2n) is 4.55. The van der Waals surface area contributed by atoms with Gasteiger partial charge < -0.3 is 15.0 Å². The Morgan fingerprint density at radius 2 is 2.12 bits per heavy atom. The SMILES string of the molecule is COc1ccc2c(c1)NC(=O)C(C)N2C(C)C. The second-order valence-corrected chi connectivity index (χ2v) is 4.55. The molecule has 1 aliphatic heterocycles. The molecule has 0 fully saturated rings. The molecule has 4 nitrogen and oxygen atoms in total. The van der Waals surface area contributed by atoms with Crippen molar-refractivity contribution in [3.05, 3.63) is 18.2 Å². The third kappa shape index (κ3) is 1.95. The summed E-state index contributed by atoms with van der Waals surface area (Å²) in [5.41, 5.74) is 1.87. The lowest BCUT2D eigenvalue weighted by atomic mass is 10.1. The highest BCUT2D eigenvalue weighted by Crippen LogP contribution is 2.36. The average molecular weight is 234 g/mol. The van der Waals surface area contributed by atoms with Crippen LogP contribution in [-0.2, 0) is 4.79 Å². The van der Waals surface area contributed by atoms with Crippen molar-refractivity contribution in [2.75, 3.05) is 17.3 Å². The van der Waals surface area contributed by atoms with Crippen LogP contribution in [0.15, 0.2) is 18.2 Å². The standard InChI is InChI=1S/C13H18N2O2/c1-8(2)15-9(3)13(16)14-11-7-10(17-4)5-6-12(11)15/h5-9H,1-4H3,(H,14,16). The maximum Gasteiger partial charge on any atom is 0.246 e. The number of anilines is 2. The zero-order valence-corrected chi connectivity index (χ0v) is 10.7. The fourth-order valence-electron chi connectivity index (χ4n) is 2.26. The molecule has 1 amide bonds. The summed E-state index contributed by atoms with van der Waals surface area (Å²) in [6.45, 7) is 6.09. The molecule has 92 valence electrons. The number of amides is 1. The first-order valence-corrected chi connectivity index (χ1v) is 5.82. The Morgan fingerprint density at radius 3 is 2.71 bits per heavy atom. The van der Waals surface area contributed by atoms with Crippen LogP contribution in [0.5, 0.6) is 5.75 Å². The van der Waals surface area contributed by atoms with Crippen LogP contribution in [0, 0.1) is 0 Å². The lowest BCUT2D eigenvalue weighted by molar-refractivity contribution is -0.117. The number of carbonyl (C=O) groups excluding carboxylic acids is 1. The Morgan fingerprint density at radius 1 is 1.41 bits per heavy atom. The van der Waals surface area contributed by atoms with Gasteiger partial charge in [0.1, 0.15) is 11.8 Å². The van der Waals surface area contributed by atoms with Crippen LogP contribution in [0.1, 0.15) is 20.8 Å². The van der Waals surface area contributed by atoms with Crippen molar-refractivity contribution in [1.82, 2.24) is 0 Å². The van der Waals surface area contributed by atoms with Crippen LogP contribution in [0.4, 0.5) is 11.4 Å².